The molecule has 1 rings (SSSR count). The highest BCUT2D eigenvalue weighted by Gasteiger charge is 2.20. The van der Waals surface area contributed by atoms with Gasteiger partial charge < -0.3 is 5.73 Å². The van der Waals surface area contributed by atoms with Gasteiger partial charge >= 0.3 is 0 Å². The molecular formula is C11H23N. The van der Waals surface area contributed by atoms with E-state index in [9.17, 15) is 0 Å². The largest absolute Gasteiger partial charge is 0.328 e. The van der Waals surface area contributed by atoms with E-state index in [4.69, 9.17) is 5.73 Å². The Labute approximate surface area is 76.7 Å². The fourth-order valence-corrected chi connectivity index (χ4v) is 2.43. The van der Waals surface area contributed by atoms with Gasteiger partial charge in [-0.05, 0) is 25.2 Å². The molecule has 2 N–H and O–H groups in total. The van der Waals surface area contributed by atoms with E-state index in [0.29, 0.717) is 6.04 Å². The summed E-state index contributed by atoms with van der Waals surface area (Å²) in [7, 11) is 0. The highest BCUT2D eigenvalue weighted by molar-refractivity contribution is 4.75. The van der Waals surface area contributed by atoms with Crippen molar-refractivity contribution in [3.8, 4) is 0 Å². The van der Waals surface area contributed by atoms with Gasteiger partial charge in [-0.15, -0.1) is 0 Å². The van der Waals surface area contributed by atoms with Crippen LogP contribution in [0, 0.1) is 11.8 Å². The van der Waals surface area contributed by atoms with Crippen LogP contribution in [0.15, 0.2) is 0 Å². The molecule has 1 aliphatic carbocycles. The third-order valence-electron chi connectivity index (χ3n) is 3.38. The lowest BCUT2D eigenvalue weighted by atomic mass is 9.87. The van der Waals surface area contributed by atoms with Crippen LogP contribution in [0.1, 0.15) is 52.4 Å². The molecule has 2 unspecified atom stereocenters. The van der Waals surface area contributed by atoms with Gasteiger partial charge in [0.25, 0.3) is 0 Å². The van der Waals surface area contributed by atoms with Crippen molar-refractivity contribution in [2.45, 2.75) is 58.4 Å². The Morgan fingerprint density at radius 1 is 1.33 bits per heavy atom. The first-order chi connectivity index (χ1) is 5.74. The zero-order valence-corrected chi connectivity index (χ0v) is 8.55. The lowest BCUT2D eigenvalue weighted by Gasteiger charge is -2.22. The van der Waals surface area contributed by atoms with Crippen LogP contribution in [0.4, 0.5) is 0 Å². The predicted molar refractivity (Wildman–Crippen MR) is 54.0 cm³/mol. The molecule has 1 fully saturated rings. The summed E-state index contributed by atoms with van der Waals surface area (Å²) in [6.45, 7) is 4.42. The summed E-state index contributed by atoms with van der Waals surface area (Å²) in [5.41, 5.74) is 5.93. The van der Waals surface area contributed by atoms with Crippen LogP contribution in [0.2, 0.25) is 0 Å². The van der Waals surface area contributed by atoms with Gasteiger partial charge in [-0.2, -0.15) is 0 Å². The predicted octanol–water partition coefficient (Wildman–Crippen LogP) is 2.94. The number of hydrogen-bond acceptors (Lipinski definition) is 1. The Bertz CT molecular complexity index is 114. The van der Waals surface area contributed by atoms with Gasteiger partial charge in [0.1, 0.15) is 0 Å². The summed E-state index contributed by atoms with van der Waals surface area (Å²) in [5.74, 6) is 1.77. The second kappa shape index (κ2) is 4.86. The summed E-state index contributed by atoms with van der Waals surface area (Å²) in [6, 6.07) is 0.399. The molecule has 1 nitrogen and oxygen atoms in total. The minimum atomic E-state index is 0.399. The minimum Gasteiger partial charge on any atom is -0.328 e. The van der Waals surface area contributed by atoms with Crippen molar-refractivity contribution in [2.75, 3.05) is 0 Å². The van der Waals surface area contributed by atoms with E-state index in [1.165, 1.54) is 38.5 Å². The molecule has 0 saturated heterocycles. The van der Waals surface area contributed by atoms with Gasteiger partial charge in [-0.1, -0.05) is 39.0 Å². The lowest BCUT2D eigenvalue weighted by molar-refractivity contribution is 0.327. The summed E-state index contributed by atoms with van der Waals surface area (Å²) >= 11 is 0. The molecule has 0 heterocycles. The van der Waals surface area contributed by atoms with Crippen molar-refractivity contribution in [1.82, 2.24) is 0 Å². The maximum atomic E-state index is 5.93. The second-order valence-corrected chi connectivity index (χ2v) is 4.41. The number of rotatable bonds is 4. The summed E-state index contributed by atoms with van der Waals surface area (Å²) in [5, 5.41) is 0. The van der Waals surface area contributed by atoms with Crippen LogP contribution in [0.25, 0.3) is 0 Å². The Hall–Kier alpha value is -0.0400. The molecule has 0 spiro atoms. The monoisotopic (exact) mass is 169 g/mol. The zero-order chi connectivity index (χ0) is 8.97. The Balaban J connectivity index is 2.26. The van der Waals surface area contributed by atoms with E-state index in [1.54, 1.807) is 0 Å². The van der Waals surface area contributed by atoms with Crippen molar-refractivity contribution < 1.29 is 0 Å². The van der Waals surface area contributed by atoms with E-state index in [-0.39, 0.29) is 0 Å². The summed E-state index contributed by atoms with van der Waals surface area (Å²) < 4.78 is 0. The molecule has 12 heavy (non-hydrogen) atoms. The molecule has 0 amide bonds. The molecule has 0 aromatic heterocycles. The van der Waals surface area contributed by atoms with Crippen LogP contribution in [0.3, 0.4) is 0 Å². The quantitative estimate of drug-likeness (QED) is 0.688. The van der Waals surface area contributed by atoms with Gasteiger partial charge in [-0.25, -0.2) is 0 Å². The van der Waals surface area contributed by atoms with Gasteiger partial charge in [0.2, 0.25) is 0 Å². The highest BCUT2D eigenvalue weighted by Crippen LogP contribution is 2.31. The van der Waals surface area contributed by atoms with Crippen LogP contribution in [0.5, 0.6) is 0 Å². The Morgan fingerprint density at radius 2 is 1.92 bits per heavy atom. The molecule has 0 aromatic rings. The third-order valence-corrected chi connectivity index (χ3v) is 3.38. The van der Waals surface area contributed by atoms with Crippen molar-refractivity contribution in [3.63, 3.8) is 0 Å². The smallest absolute Gasteiger partial charge is 0.00387 e. The van der Waals surface area contributed by atoms with Crippen LogP contribution >= 0.6 is 0 Å². The van der Waals surface area contributed by atoms with Crippen molar-refractivity contribution in [1.29, 1.82) is 0 Å². The van der Waals surface area contributed by atoms with Gasteiger partial charge in [0.15, 0.2) is 0 Å². The number of hydrogen-bond donors (Lipinski definition) is 1. The zero-order valence-electron chi connectivity index (χ0n) is 8.55. The average molecular weight is 169 g/mol. The molecule has 0 aromatic carbocycles. The molecule has 1 heteroatoms. The summed E-state index contributed by atoms with van der Waals surface area (Å²) in [4.78, 5) is 0. The fourth-order valence-electron chi connectivity index (χ4n) is 2.43. The molecular weight excluding hydrogens is 146 g/mol. The highest BCUT2D eigenvalue weighted by atomic mass is 14.6. The molecule has 0 aliphatic heterocycles. The molecule has 2 atom stereocenters. The summed E-state index contributed by atoms with van der Waals surface area (Å²) in [6.07, 6.45) is 8.48. The first-order valence-corrected chi connectivity index (χ1v) is 5.49. The molecule has 0 bridgehead atoms. The van der Waals surface area contributed by atoms with Gasteiger partial charge in [0, 0.05) is 6.04 Å². The van der Waals surface area contributed by atoms with E-state index in [2.05, 4.69) is 13.8 Å². The third kappa shape index (κ3) is 2.78. The topological polar surface area (TPSA) is 26.0 Å². The Morgan fingerprint density at radius 3 is 2.33 bits per heavy atom. The first-order valence-electron chi connectivity index (χ1n) is 5.49. The SMILES string of the molecule is CCC(CC1CCCC1)C(C)N. The normalized spacial score (nSPS) is 24.2. The molecule has 1 aliphatic rings. The number of nitrogens with two attached hydrogens (primary N) is 1. The first kappa shape index (κ1) is 10.0. The van der Waals surface area contributed by atoms with Crippen LogP contribution < -0.4 is 5.73 Å². The minimum absolute atomic E-state index is 0.399. The van der Waals surface area contributed by atoms with E-state index >= 15 is 0 Å². The van der Waals surface area contributed by atoms with Crippen molar-refractivity contribution >= 4 is 0 Å². The Kier molecular flexibility index (Phi) is 4.07. The molecule has 0 radical (unpaired) electrons. The fraction of sp³-hybridized carbons (Fsp3) is 1.00. The van der Waals surface area contributed by atoms with Crippen LogP contribution in [-0.2, 0) is 0 Å². The van der Waals surface area contributed by atoms with Crippen LogP contribution in [-0.4, -0.2) is 6.04 Å². The van der Waals surface area contributed by atoms with E-state index in [0.717, 1.165) is 11.8 Å². The maximum absolute atomic E-state index is 5.93. The van der Waals surface area contributed by atoms with E-state index in [1.807, 2.05) is 0 Å². The second-order valence-electron chi connectivity index (χ2n) is 4.41. The molecule has 1 saturated carbocycles. The maximum Gasteiger partial charge on any atom is 0.00387 e. The average Bonchev–Trinajstić information content (AvgIpc) is 2.51. The lowest BCUT2D eigenvalue weighted by Crippen LogP contribution is -2.27. The van der Waals surface area contributed by atoms with E-state index < -0.39 is 0 Å². The van der Waals surface area contributed by atoms with Crippen molar-refractivity contribution in [3.05, 3.63) is 0 Å². The van der Waals surface area contributed by atoms with Crippen molar-refractivity contribution in [2.24, 2.45) is 17.6 Å². The van der Waals surface area contributed by atoms with Gasteiger partial charge in [0.05, 0.1) is 0 Å². The van der Waals surface area contributed by atoms with Gasteiger partial charge in [-0.3, -0.25) is 0 Å². The molecule has 72 valence electrons. The standard InChI is InChI=1S/C11H23N/c1-3-11(9(2)12)8-10-6-4-5-7-10/h9-11H,3-8,12H2,1-2H3.